The minimum atomic E-state index is -1.18. The first-order valence-electron chi connectivity index (χ1n) is 3.81. The molecule has 4 heteroatoms. The van der Waals surface area contributed by atoms with Crippen molar-refractivity contribution in [3.8, 4) is 5.75 Å². The second-order valence-electron chi connectivity index (χ2n) is 2.59. The van der Waals surface area contributed by atoms with Crippen molar-refractivity contribution in [3.63, 3.8) is 0 Å². The Morgan fingerprint density at radius 1 is 1.54 bits per heavy atom. The third kappa shape index (κ3) is 2.17. The van der Waals surface area contributed by atoms with E-state index in [0.29, 0.717) is 5.75 Å². The molecule has 0 saturated carbocycles. The molecule has 0 bridgehead atoms. The van der Waals surface area contributed by atoms with E-state index in [4.69, 9.17) is 14.9 Å². The van der Waals surface area contributed by atoms with Crippen LogP contribution in [0.1, 0.15) is 11.7 Å². The van der Waals surface area contributed by atoms with Gasteiger partial charge in [0.05, 0.1) is 13.7 Å². The van der Waals surface area contributed by atoms with Crippen molar-refractivity contribution in [1.29, 1.82) is 0 Å². The van der Waals surface area contributed by atoms with Gasteiger partial charge in [-0.3, -0.25) is 0 Å². The molecule has 3 nitrogen and oxygen atoms in total. The average Bonchev–Trinajstić information content (AvgIpc) is 2.16. The molecule has 0 aromatic heterocycles. The van der Waals surface area contributed by atoms with Gasteiger partial charge in [-0.1, -0.05) is 0 Å². The van der Waals surface area contributed by atoms with Gasteiger partial charge in [0, 0.05) is 11.6 Å². The third-order valence-electron chi connectivity index (χ3n) is 1.74. The van der Waals surface area contributed by atoms with Crippen molar-refractivity contribution in [3.05, 3.63) is 29.6 Å². The van der Waals surface area contributed by atoms with Gasteiger partial charge < -0.3 is 14.9 Å². The monoisotopic (exact) mass is 186 g/mol. The van der Waals surface area contributed by atoms with E-state index in [0.717, 1.165) is 6.07 Å². The molecule has 1 unspecified atom stereocenters. The molecule has 0 amide bonds. The van der Waals surface area contributed by atoms with Gasteiger partial charge in [0.25, 0.3) is 0 Å². The summed E-state index contributed by atoms with van der Waals surface area (Å²) >= 11 is 0. The molecule has 0 aliphatic rings. The van der Waals surface area contributed by atoms with Gasteiger partial charge >= 0.3 is 0 Å². The zero-order valence-corrected chi connectivity index (χ0v) is 7.20. The lowest BCUT2D eigenvalue weighted by Crippen LogP contribution is -2.05. The number of benzene rings is 1. The summed E-state index contributed by atoms with van der Waals surface area (Å²) in [5.74, 6) is -0.202. The van der Waals surface area contributed by atoms with Crippen LogP contribution in [0, 0.1) is 5.82 Å². The second-order valence-corrected chi connectivity index (χ2v) is 2.59. The fourth-order valence-corrected chi connectivity index (χ4v) is 1.00. The molecule has 1 aromatic carbocycles. The Kier molecular flexibility index (Phi) is 3.22. The molecule has 0 heterocycles. The highest BCUT2D eigenvalue weighted by molar-refractivity contribution is 5.30. The number of rotatable bonds is 3. The Labute approximate surface area is 75.4 Å². The summed E-state index contributed by atoms with van der Waals surface area (Å²) in [7, 11) is 1.43. The number of aliphatic hydroxyl groups excluding tert-OH is 2. The van der Waals surface area contributed by atoms with Crippen LogP contribution < -0.4 is 4.74 Å². The predicted molar refractivity (Wildman–Crippen MR) is 45.0 cm³/mol. The van der Waals surface area contributed by atoms with Gasteiger partial charge in [0.1, 0.15) is 17.7 Å². The summed E-state index contributed by atoms with van der Waals surface area (Å²) in [5, 5.41) is 17.7. The van der Waals surface area contributed by atoms with Crippen LogP contribution >= 0.6 is 0 Å². The van der Waals surface area contributed by atoms with E-state index >= 15 is 0 Å². The first-order chi connectivity index (χ1) is 6.19. The summed E-state index contributed by atoms with van der Waals surface area (Å²) in [6.45, 7) is -0.497. The van der Waals surface area contributed by atoms with E-state index in [-0.39, 0.29) is 5.56 Å². The standard InChI is InChI=1S/C9H11FO3/c1-13-6-2-3-7(8(10)4-6)9(12)5-11/h2-4,9,11-12H,5H2,1H3. The quantitative estimate of drug-likeness (QED) is 0.736. The van der Waals surface area contributed by atoms with Crippen molar-refractivity contribution >= 4 is 0 Å². The molecule has 1 aromatic rings. The maximum atomic E-state index is 13.1. The van der Waals surface area contributed by atoms with Crippen molar-refractivity contribution in [2.24, 2.45) is 0 Å². The molecule has 0 aliphatic heterocycles. The molecule has 0 radical (unpaired) electrons. The molecular formula is C9H11FO3. The fourth-order valence-electron chi connectivity index (χ4n) is 1.00. The van der Waals surface area contributed by atoms with Gasteiger partial charge in [-0.05, 0) is 12.1 Å². The van der Waals surface area contributed by atoms with Gasteiger partial charge in [-0.2, -0.15) is 0 Å². The highest BCUT2D eigenvalue weighted by atomic mass is 19.1. The zero-order chi connectivity index (χ0) is 9.84. The van der Waals surface area contributed by atoms with E-state index in [1.807, 2.05) is 0 Å². The van der Waals surface area contributed by atoms with Crippen LogP contribution in [0.2, 0.25) is 0 Å². The Balaban J connectivity index is 2.98. The summed E-state index contributed by atoms with van der Waals surface area (Å²) in [4.78, 5) is 0. The van der Waals surface area contributed by atoms with E-state index in [2.05, 4.69) is 0 Å². The van der Waals surface area contributed by atoms with Crippen molar-refractivity contribution in [2.45, 2.75) is 6.10 Å². The molecule has 2 N–H and O–H groups in total. The molecule has 1 rings (SSSR count). The minimum Gasteiger partial charge on any atom is -0.497 e. The van der Waals surface area contributed by atoms with Crippen LogP contribution in [0.4, 0.5) is 4.39 Å². The lowest BCUT2D eigenvalue weighted by molar-refractivity contribution is 0.0925. The van der Waals surface area contributed by atoms with E-state index < -0.39 is 18.5 Å². The van der Waals surface area contributed by atoms with Crippen LogP contribution in [-0.4, -0.2) is 23.9 Å². The topological polar surface area (TPSA) is 49.7 Å². The van der Waals surface area contributed by atoms with Gasteiger partial charge in [-0.15, -0.1) is 0 Å². The lowest BCUT2D eigenvalue weighted by Gasteiger charge is -2.09. The van der Waals surface area contributed by atoms with Crippen LogP contribution in [0.25, 0.3) is 0 Å². The highest BCUT2D eigenvalue weighted by Crippen LogP contribution is 2.21. The lowest BCUT2D eigenvalue weighted by atomic mass is 10.1. The molecule has 1 atom stereocenters. The van der Waals surface area contributed by atoms with Crippen molar-refractivity contribution in [1.82, 2.24) is 0 Å². The second kappa shape index (κ2) is 4.20. The molecule has 13 heavy (non-hydrogen) atoms. The molecule has 0 spiro atoms. The summed E-state index contributed by atoms with van der Waals surface area (Å²) in [6, 6.07) is 4.07. The highest BCUT2D eigenvalue weighted by Gasteiger charge is 2.11. The Morgan fingerprint density at radius 2 is 2.23 bits per heavy atom. The third-order valence-corrected chi connectivity index (χ3v) is 1.74. The SMILES string of the molecule is COc1ccc(C(O)CO)c(F)c1. The number of methoxy groups -OCH3 is 1. The Hall–Kier alpha value is -1.13. The summed E-state index contributed by atoms with van der Waals surface area (Å²) in [5.41, 5.74) is 0.0725. The first-order valence-corrected chi connectivity index (χ1v) is 3.81. The van der Waals surface area contributed by atoms with Crippen LogP contribution in [0.5, 0.6) is 5.75 Å². The number of aliphatic hydroxyl groups is 2. The number of hydrogen-bond acceptors (Lipinski definition) is 3. The molecule has 0 saturated heterocycles. The van der Waals surface area contributed by atoms with Crippen molar-refractivity contribution in [2.75, 3.05) is 13.7 Å². The summed E-state index contributed by atoms with van der Waals surface area (Å²) in [6.07, 6.45) is -1.18. The van der Waals surface area contributed by atoms with E-state index in [1.165, 1.54) is 19.2 Å². The van der Waals surface area contributed by atoms with Crippen LogP contribution in [0.15, 0.2) is 18.2 Å². The molecule has 0 aliphatic carbocycles. The van der Waals surface area contributed by atoms with Crippen LogP contribution in [-0.2, 0) is 0 Å². The smallest absolute Gasteiger partial charge is 0.132 e. The normalized spacial score (nSPS) is 12.6. The number of ether oxygens (including phenoxy) is 1. The maximum Gasteiger partial charge on any atom is 0.132 e. The van der Waals surface area contributed by atoms with Crippen molar-refractivity contribution < 1.29 is 19.3 Å². The minimum absolute atomic E-state index is 0.0725. The van der Waals surface area contributed by atoms with E-state index in [1.54, 1.807) is 0 Å². The molecule has 0 fully saturated rings. The van der Waals surface area contributed by atoms with Crippen LogP contribution in [0.3, 0.4) is 0 Å². The molecule has 72 valence electrons. The average molecular weight is 186 g/mol. The first kappa shape index (κ1) is 9.95. The zero-order valence-electron chi connectivity index (χ0n) is 7.20. The predicted octanol–water partition coefficient (Wildman–Crippen LogP) is 0.860. The van der Waals surface area contributed by atoms with Gasteiger partial charge in [0.15, 0.2) is 0 Å². The maximum absolute atomic E-state index is 13.1. The van der Waals surface area contributed by atoms with Gasteiger partial charge in [-0.25, -0.2) is 4.39 Å². The summed E-state index contributed by atoms with van der Waals surface area (Å²) < 4.78 is 17.9. The Morgan fingerprint density at radius 3 is 2.69 bits per heavy atom. The fraction of sp³-hybridized carbons (Fsp3) is 0.333. The Bertz CT molecular complexity index is 288. The number of hydrogen-bond donors (Lipinski definition) is 2. The van der Waals surface area contributed by atoms with Gasteiger partial charge in [0.2, 0.25) is 0 Å². The largest absolute Gasteiger partial charge is 0.497 e. The van der Waals surface area contributed by atoms with E-state index in [9.17, 15) is 4.39 Å². The molecular weight excluding hydrogens is 175 g/mol. The number of halogens is 1.